The van der Waals surface area contributed by atoms with Gasteiger partial charge in [0.15, 0.2) is 5.17 Å². The number of aliphatic imine (C=N–C) groups is 1. The number of alkyl halides is 1. The van der Waals surface area contributed by atoms with Gasteiger partial charge >= 0.3 is 0 Å². The quantitative estimate of drug-likeness (QED) is 0.617. The maximum atomic E-state index is 6.06. The van der Waals surface area contributed by atoms with Crippen LogP contribution in [-0.2, 0) is 11.8 Å². The van der Waals surface area contributed by atoms with Crippen LogP contribution in [0.5, 0.6) is 5.75 Å². The molecule has 2 rings (SSSR count). The molecule has 104 valence electrons. The summed E-state index contributed by atoms with van der Waals surface area (Å²) in [6, 6.07) is 4.98. The lowest BCUT2D eigenvalue weighted by Gasteiger charge is -2.23. The van der Waals surface area contributed by atoms with Crippen molar-refractivity contribution in [3.8, 4) is 5.75 Å². The van der Waals surface area contributed by atoms with E-state index < -0.39 is 6.42 Å². The van der Waals surface area contributed by atoms with Gasteiger partial charge in [-0.25, -0.2) is 0 Å². The summed E-state index contributed by atoms with van der Waals surface area (Å²) < 4.78 is 5.80. The number of nitrogens with zero attached hydrogens (tertiary/aromatic N) is 1. The molecule has 1 aliphatic rings. The van der Waals surface area contributed by atoms with Crippen molar-refractivity contribution in [2.24, 2.45) is 4.99 Å². The molecule has 1 aliphatic heterocycles. The smallest absolute Gasteiger partial charge is 0.218 e. The Morgan fingerprint density at radius 2 is 2.26 bits per heavy atom. The normalized spacial score (nSPS) is 17.7. The fourth-order valence-electron chi connectivity index (χ4n) is 1.33. The van der Waals surface area contributed by atoms with Gasteiger partial charge in [-0.2, -0.15) is 0 Å². The highest BCUT2D eigenvalue weighted by atomic mass is 35.5. The minimum atomic E-state index is -2.44. The first-order valence-corrected chi connectivity index (χ1v) is 10.5. The van der Waals surface area contributed by atoms with Gasteiger partial charge in [0.25, 0.3) is 0 Å². The zero-order valence-corrected chi connectivity index (χ0v) is 14.4. The van der Waals surface area contributed by atoms with E-state index in [1.165, 1.54) is 0 Å². The topological polar surface area (TPSA) is 33.6 Å². The van der Waals surface area contributed by atoms with E-state index in [1.807, 2.05) is 0 Å². The Hall–Kier alpha value is 0.360. The molecule has 1 N–H and O–H groups in total. The zero-order chi connectivity index (χ0) is 13.9. The van der Waals surface area contributed by atoms with E-state index in [1.54, 1.807) is 30.0 Å². The summed E-state index contributed by atoms with van der Waals surface area (Å²) in [5.74, 6) is 1.42. The summed E-state index contributed by atoms with van der Waals surface area (Å²) >= 11 is 24.9. The summed E-state index contributed by atoms with van der Waals surface area (Å²) in [6.45, 7) is 0.784. The number of rotatable bonds is 4. The molecular formula is C10H10Cl3N2OPS2. The Kier molecular flexibility index (Phi) is 5.70. The van der Waals surface area contributed by atoms with E-state index >= 15 is 0 Å². The molecule has 0 amide bonds. The van der Waals surface area contributed by atoms with Crippen molar-refractivity contribution in [1.82, 2.24) is 5.09 Å². The molecule has 0 saturated carbocycles. The molecule has 1 unspecified atom stereocenters. The van der Waals surface area contributed by atoms with Crippen LogP contribution in [0.1, 0.15) is 0 Å². The van der Waals surface area contributed by atoms with Gasteiger partial charge < -0.3 is 9.61 Å². The van der Waals surface area contributed by atoms with Gasteiger partial charge in [0, 0.05) is 10.8 Å². The zero-order valence-electron chi connectivity index (χ0n) is 9.61. The first-order chi connectivity index (χ1) is 9.02. The van der Waals surface area contributed by atoms with E-state index in [9.17, 15) is 0 Å². The molecule has 1 atom stereocenters. The average molecular weight is 376 g/mol. The molecule has 19 heavy (non-hydrogen) atoms. The third-order valence-corrected chi connectivity index (χ3v) is 7.40. The van der Waals surface area contributed by atoms with E-state index in [2.05, 4.69) is 10.1 Å². The predicted octanol–water partition coefficient (Wildman–Crippen LogP) is 4.57. The van der Waals surface area contributed by atoms with Gasteiger partial charge in [0.1, 0.15) is 11.4 Å². The van der Waals surface area contributed by atoms with Crippen LogP contribution in [0.25, 0.3) is 0 Å². The Labute approximate surface area is 136 Å². The molecule has 1 aromatic carbocycles. The number of benzene rings is 1. The van der Waals surface area contributed by atoms with Gasteiger partial charge in [-0.05, 0) is 30.0 Å². The number of amidine groups is 1. The van der Waals surface area contributed by atoms with Crippen molar-refractivity contribution in [2.75, 3.05) is 17.9 Å². The lowest BCUT2D eigenvalue weighted by Crippen LogP contribution is -2.19. The second-order valence-corrected chi connectivity index (χ2v) is 10.0. The van der Waals surface area contributed by atoms with Crippen molar-refractivity contribution < 1.29 is 4.52 Å². The predicted molar refractivity (Wildman–Crippen MR) is 90.0 cm³/mol. The second-order valence-electron chi connectivity index (χ2n) is 3.61. The SMILES string of the molecule is S=P(CCl)(NC1=NCCS1)Oc1ccc(Cl)cc1Cl. The minimum absolute atomic E-state index is 0.181. The number of hydrogen-bond acceptors (Lipinski definition) is 4. The number of thioether (sulfide) groups is 1. The molecule has 0 fully saturated rings. The van der Waals surface area contributed by atoms with Crippen molar-refractivity contribution in [3.05, 3.63) is 28.2 Å². The van der Waals surface area contributed by atoms with Crippen LogP contribution >= 0.6 is 53.0 Å². The maximum Gasteiger partial charge on any atom is 0.218 e. The molecule has 1 aromatic rings. The monoisotopic (exact) mass is 374 g/mol. The van der Waals surface area contributed by atoms with E-state index in [0.717, 1.165) is 17.5 Å². The summed E-state index contributed by atoms with van der Waals surface area (Å²) in [5, 5.41) is 4.87. The van der Waals surface area contributed by atoms with Crippen LogP contribution in [0.3, 0.4) is 0 Å². The van der Waals surface area contributed by atoms with E-state index in [4.69, 9.17) is 51.1 Å². The lowest BCUT2D eigenvalue weighted by atomic mass is 10.3. The summed E-state index contributed by atoms with van der Waals surface area (Å²) in [7, 11) is 0. The van der Waals surface area contributed by atoms with Crippen LogP contribution in [-0.4, -0.2) is 23.1 Å². The van der Waals surface area contributed by atoms with Crippen LogP contribution < -0.4 is 9.61 Å². The van der Waals surface area contributed by atoms with Crippen LogP contribution in [0, 0.1) is 0 Å². The van der Waals surface area contributed by atoms with Gasteiger partial charge in [-0.1, -0.05) is 35.0 Å². The van der Waals surface area contributed by atoms with Crippen molar-refractivity contribution >= 4 is 70.0 Å². The van der Waals surface area contributed by atoms with Gasteiger partial charge in [-0.3, -0.25) is 4.99 Å². The van der Waals surface area contributed by atoms with Gasteiger partial charge in [0.05, 0.1) is 11.6 Å². The van der Waals surface area contributed by atoms with Crippen molar-refractivity contribution in [3.63, 3.8) is 0 Å². The fourth-order valence-corrected chi connectivity index (χ4v) is 5.09. The molecule has 0 saturated heterocycles. The average Bonchev–Trinajstić information content (AvgIpc) is 2.85. The summed E-state index contributed by atoms with van der Waals surface area (Å²) in [6.07, 6.45) is -2.44. The van der Waals surface area contributed by atoms with E-state index in [-0.39, 0.29) is 5.62 Å². The van der Waals surface area contributed by atoms with Crippen LogP contribution in [0.4, 0.5) is 0 Å². The molecule has 1 heterocycles. The van der Waals surface area contributed by atoms with Crippen LogP contribution in [0.2, 0.25) is 10.0 Å². The molecule has 0 aromatic heterocycles. The third kappa shape index (κ3) is 4.42. The second kappa shape index (κ2) is 6.88. The molecule has 0 bridgehead atoms. The highest BCUT2D eigenvalue weighted by molar-refractivity contribution is 8.17. The highest BCUT2D eigenvalue weighted by Gasteiger charge is 2.23. The molecule has 0 spiro atoms. The molecular weight excluding hydrogens is 366 g/mol. The Morgan fingerprint density at radius 1 is 1.47 bits per heavy atom. The lowest BCUT2D eigenvalue weighted by molar-refractivity contribution is 0.611. The molecule has 9 heteroatoms. The first kappa shape index (κ1) is 15.7. The van der Waals surface area contributed by atoms with E-state index in [0.29, 0.717) is 15.8 Å². The van der Waals surface area contributed by atoms with Crippen molar-refractivity contribution in [2.45, 2.75) is 0 Å². The molecule has 3 nitrogen and oxygen atoms in total. The van der Waals surface area contributed by atoms with Crippen molar-refractivity contribution in [1.29, 1.82) is 0 Å². The Morgan fingerprint density at radius 3 is 2.84 bits per heavy atom. The fraction of sp³-hybridized carbons (Fsp3) is 0.300. The number of halogens is 3. The standard InChI is InChI=1S/C10H10Cl3N2OPS2/c11-6-17(18,15-10-14-3-4-19-10)16-9-2-1-7(12)5-8(9)13/h1-2,5H,3-4,6H2,(H,14,15,18). The first-order valence-electron chi connectivity index (χ1n) is 5.28. The maximum absolute atomic E-state index is 6.06. The van der Waals surface area contributed by atoms with Gasteiger partial charge in [-0.15, -0.1) is 11.6 Å². The summed E-state index contributed by atoms with van der Waals surface area (Å²) in [5.41, 5.74) is 0.181. The number of nitrogens with one attached hydrogen (secondary N) is 1. The van der Waals surface area contributed by atoms with Crippen LogP contribution in [0.15, 0.2) is 23.2 Å². The summed E-state index contributed by atoms with van der Waals surface area (Å²) in [4.78, 5) is 4.28. The Balaban J connectivity index is 2.15. The number of hydrogen-bond donors (Lipinski definition) is 1. The van der Waals surface area contributed by atoms with Gasteiger partial charge in [0.2, 0.25) is 6.42 Å². The highest BCUT2D eigenvalue weighted by Crippen LogP contribution is 2.47. The molecule has 0 aliphatic carbocycles. The largest absolute Gasteiger partial charge is 0.446 e. The molecule has 0 radical (unpaired) electrons. The third-order valence-electron chi connectivity index (χ3n) is 2.15. The Bertz CT molecular complexity index is 556. The minimum Gasteiger partial charge on any atom is -0.446 e.